The molecule has 0 radical (unpaired) electrons. The van der Waals surface area contributed by atoms with Gasteiger partial charge < -0.3 is 5.73 Å². The van der Waals surface area contributed by atoms with E-state index in [1.165, 1.54) is 19.3 Å². The molecule has 1 nitrogen and oxygen atoms in total. The number of nitrogens with two attached hydrogens (primary N) is 1. The first kappa shape index (κ1) is 8.88. The summed E-state index contributed by atoms with van der Waals surface area (Å²) in [6.07, 6.45) is 3.63. The van der Waals surface area contributed by atoms with Crippen LogP contribution in [0.4, 0.5) is 0 Å². The Morgan fingerprint density at radius 2 is 2.20 bits per heavy atom. The first-order valence-electron chi connectivity index (χ1n) is 3.73. The Balaban J connectivity index is 2.27. The summed E-state index contributed by atoms with van der Waals surface area (Å²) < 4.78 is 0. The van der Waals surface area contributed by atoms with Gasteiger partial charge in [-0.05, 0) is 25.2 Å². The summed E-state index contributed by atoms with van der Waals surface area (Å²) in [5.41, 5.74) is 5.81. The molecule has 0 saturated heterocycles. The van der Waals surface area contributed by atoms with Gasteiger partial charge in [-0.25, -0.2) is 0 Å². The van der Waals surface area contributed by atoms with Gasteiger partial charge in [0, 0.05) is 16.6 Å². The van der Waals surface area contributed by atoms with E-state index in [-0.39, 0.29) is 0 Å². The maximum atomic E-state index is 5.81. The molecule has 0 bridgehead atoms. The molecule has 0 aromatic heterocycles. The second-order valence-corrected chi connectivity index (χ2v) is 4.50. The molecule has 1 rings (SSSR count). The maximum Gasteiger partial charge on any atom is 0.0171 e. The van der Waals surface area contributed by atoms with Crippen LogP contribution in [0.5, 0.6) is 0 Å². The van der Waals surface area contributed by atoms with Gasteiger partial charge in [0.1, 0.15) is 0 Å². The number of thiol groups is 1. The molecule has 1 saturated carbocycles. The van der Waals surface area contributed by atoms with Crippen LogP contribution < -0.4 is 5.73 Å². The van der Waals surface area contributed by atoms with Crippen molar-refractivity contribution in [1.82, 2.24) is 0 Å². The molecule has 0 amide bonds. The van der Waals surface area contributed by atoms with E-state index >= 15 is 0 Å². The third kappa shape index (κ3) is 2.14. The minimum atomic E-state index is 0.340. The van der Waals surface area contributed by atoms with Crippen molar-refractivity contribution in [2.45, 2.75) is 30.6 Å². The summed E-state index contributed by atoms with van der Waals surface area (Å²) >= 11 is 7.83. The molecule has 3 unspecified atom stereocenters. The molecule has 1 aliphatic rings. The summed E-state index contributed by atoms with van der Waals surface area (Å²) in [7, 11) is 0. The third-order valence-corrected chi connectivity index (χ3v) is 3.24. The Morgan fingerprint density at radius 1 is 1.50 bits per heavy atom. The molecule has 0 heterocycles. The lowest BCUT2D eigenvalue weighted by molar-refractivity contribution is 0.526. The zero-order valence-corrected chi connectivity index (χ0v) is 8.44. The van der Waals surface area contributed by atoms with E-state index in [1.807, 2.05) is 0 Å². The van der Waals surface area contributed by atoms with Gasteiger partial charge in [-0.1, -0.05) is 15.9 Å². The maximum absolute atomic E-state index is 5.81. The van der Waals surface area contributed by atoms with E-state index in [2.05, 4.69) is 28.6 Å². The Hall–Kier alpha value is 0.790. The fourth-order valence-corrected chi connectivity index (χ4v) is 2.61. The summed E-state index contributed by atoms with van der Waals surface area (Å²) in [5, 5.41) is 1.55. The third-order valence-electron chi connectivity index (χ3n) is 2.19. The number of hydrogen-bond donors (Lipinski definition) is 2. The predicted octanol–water partition coefficient (Wildman–Crippen LogP) is 1.81. The van der Waals surface area contributed by atoms with Crippen molar-refractivity contribution in [3.8, 4) is 0 Å². The van der Waals surface area contributed by atoms with E-state index in [4.69, 9.17) is 5.73 Å². The van der Waals surface area contributed by atoms with E-state index < -0.39 is 0 Å². The SMILES string of the molecule is NC1CC(CCBr)CC1S. The van der Waals surface area contributed by atoms with Crippen LogP contribution in [0.25, 0.3) is 0 Å². The van der Waals surface area contributed by atoms with Gasteiger partial charge in [0.05, 0.1) is 0 Å². The highest BCUT2D eigenvalue weighted by molar-refractivity contribution is 9.09. The Kier molecular flexibility index (Phi) is 3.53. The van der Waals surface area contributed by atoms with Gasteiger partial charge in [0.25, 0.3) is 0 Å². The van der Waals surface area contributed by atoms with Gasteiger partial charge >= 0.3 is 0 Å². The fourth-order valence-electron chi connectivity index (χ4n) is 1.54. The summed E-state index contributed by atoms with van der Waals surface area (Å²) in [6, 6.07) is 0.340. The quantitative estimate of drug-likeness (QED) is 0.543. The lowest BCUT2D eigenvalue weighted by Gasteiger charge is -2.04. The molecule has 0 spiro atoms. The monoisotopic (exact) mass is 223 g/mol. The van der Waals surface area contributed by atoms with Crippen LogP contribution >= 0.6 is 28.6 Å². The van der Waals surface area contributed by atoms with Crippen molar-refractivity contribution >= 4 is 28.6 Å². The van der Waals surface area contributed by atoms with Crippen LogP contribution in [0, 0.1) is 5.92 Å². The summed E-state index contributed by atoms with van der Waals surface area (Å²) in [4.78, 5) is 0. The van der Waals surface area contributed by atoms with Gasteiger partial charge in [-0.3, -0.25) is 0 Å². The van der Waals surface area contributed by atoms with Crippen LogP contribution in [-0.4, -0.2) is 16.6 Å². The highest BCUT2D eigenvalue weighted by atomic mass is 79.9. The van der Waals surface area contributed by atoms with Crippen molar-refractivity contribution in [3.63, 3.8) is 0 Å². The summed E-state index contributed by atoms with van der Waals surface area (Å²) in [5.74, 6) is 0.817. The zero-order valence-electron chi connectivity index (χ0n) is 5.96. The molecule has 1 fully saturated rings. The molecule has 10 heavy (non-hydrogen) atoms. The van der Waals surface area contributed by atoms with E-state index in [1.54, 1.807) is 0 Å². The van der Waals surface area contributed by atoms with E-state index in [0.717, 1.165) is 11.2 Å². The lowest BCUT2D eigenvalue weighted by Crippen LogP contribution is -2.24. The molecular formula is C7H14BrNS. The molecule has 3 atom stereocenters. The van der Waals surface area contributed by atoms with Crippen molar-refractivity contribution in [1.29, 1.82) is 0 Å². The van der Waals surface area contributed by atoms with Gasteiger partial charge in [0.15, 0.2) is 0 Å². The fraction of sp³-hybridized carbons (Fsp3) is 1.00. The smallest absolute Gasteiger partial charge is 0.0171 e. The average molecular weight is 224 g/mol. The molecule has 60 valence electrons. The molecule has 2 N–H and O–H groups in total. The van der Waals surface area contributed by atoms with Crippen LogP contribution in [0.3, 0.4) is 0 Å². The Labute approximate surface area is 76.3 Å². The molecule has 3 heteroatoms. The van der Waals surface area contributed by atoms with Crippen molar-refractivity contribution in [2.24, 2.45) is 11.7 Å². The molecule has 0 aromatic carbocycles. The highest BCUT2D eigenvalue weighted by Gasteiger charge is 2.28. The first-order chi connectivity index (χ1) is 4.74. The second kappa shape index (κ2) is 3.98. The van der Waals surface area contributed by atoms with Crippen LogP contribution in [0.2, 0.25) is 0 Å². The van der Waals surface area contributed by atoms with Gasteiger partial charge in [-0.15, -0.1) is 0 Å². The first-order valence-corrected chi connectivity index (χ1v) is 5.37. The number of rotatable bonds is 2. The van der Waals surface area contributed by atoms with Gasteiger partial charge in [0.2, 0.25) is 0 Å². The Bertz CT molecular complexity index is 99.8. The minimum Gasteiger partial charge on any atom is -0.327 e. The number of alkyl halides is 1. The highest BCUT2D eigenvalue weighted by Crippen LogP contribution is 2.30. The predicted molar refractivity (Wildman–Crippen MR) is 51.9 cm³/mol. The largest absolute Gasteiger partial charge is 0.327 e. The van der Waals surface area contributed by atoms with E-state index in [9.17, 15) is 0 Å². The van der Waals surface area contributed by atoms with Crippen LogP contribution in [0.1, 0.15) is 19.3 Å². The van der Waals surface area contributed by atoms with Crippen molar-refractivity contribution < 1.29 is 0 Å². The number of hydrogen-bond acceptors (Lipinski definition) is 2. The lowest BCUT2D eigenvalue weighted by atomic mass is 10.1. The van der Waals surface area contributed by atoms with Crippen LogP contribution in [-0.2, 0) is 0 Å². The topological polar surface area (TPSA) is 26.0 Å². The molecule has 1 aliphatic carbocycles. The standard InChI is InChI=1S/C7H14BrNS/c8-2-1-5-3-6(9)7(10)4-5/h5-7,10H,1-4,9H2. The molecule has 0 aromatic rings. The minimum absolute atomic E-state index is 0.340. The second-order valence-electron chi connectivity index (χ2n) is 3.05. The van der Waals surface area contributed by atoms with Crippen molar-refractivity contribution in [2.75, 3.05) is 5.33 Å². The van der Waals surface area contributed by atoms with Crippen LogP contribution in [0.15, 0.2) is 0 Å². The number of halogens is 1. The summed E-state index contributed by atoms with van der Waals surface area (Å²) in [6.45, 7) is 0. The van der Waals surface area contributed by atoms with Crippen molar-refractivity contribution in [3.05, 3.63) is 0 Å². The van der Waals surface area contributed by atoms with E-state index in [0.29, 0.717) is 11.3 Å². The average Bonchev–Trinajstić information content (AvgIpc) is 2.14. The molecular weight excluding hydrogens is 210 g/mol. The molecule has 0 aliphatic heterocycles. The Morgan fingerprint density at radius 3 is 2.60 bits per heavy atom. The zero-order chi connectivity index (χ0) is 7.56. The normalized spacial score (nSPS) is 40.5. The van der Waals surface area contributed by atoms with Gasteiger partial charge in [-0.2, -0.15) is 12.6 Å².